The minimum absolute atomic E-state index is 0.00398. The van der Waals surface area contributed by atoms with Crippen molar-refractivity contribution < 1.29 is 13.7 Å². The highest BCUT2D eigenvalue weighted by molar-refractivity contribution is 5.53. The number of hydrogen-bond donors (Lipinski definition) is 0. The average Bonchev–Trinajstić information content (AvgIpc) is 2.16. The maximum absolute atomic E-state index is 12.5. The molecule has 0 bridgehead atoms. The maximum Gasteiger partial charge on any atom is 0.314 e. The molecular formula is C8H5F2N3O2. The van der Waals surface area contributed by atoms with Gasteiger partial charge in [0, 0.05) is 6.20 Å². The summed E-state index contributed by atoms with van der Waals surface area (Å²) in [6, 6.07) is 1.41. The first-order chi connectivity index (χ1) is 6.99. The van der Waals surface area contributed by atoms with Crippen molar-refractivity contribution in [1.29, 1.82) is 5.26 Å². The van der Waals surface area contributed by atoms with Gasteiger partial charge in [0.2, 0.25) is 5.69 Å². The molecule has 0 atom stereocenters. The predicted molar refractivity (Wildman–Crippen MR) is 45.3 cm³/mol. The Balaban J connectivity index is 3.60. The highest BCUT2D eigenvalue weighted by Gasteiger charge is 2.28. The zero-order valence-electron chi connectivity index (χ0n) is 7.57. The molecule has 0 saturated heterocycles. The molecule has 0 amide bonds. The summed E-state index contributed by atoms with van der Waals surface area (Å²) in [4.78, 5) is 13.0. The molecule has 78 valence electrons. The average molecular weight is 213 g/mol. The third-order valence-corrected chi connectivity index (χ3v) is 1.80. The van der Waals surface area contributed by atoms with E-state index in [1.165, 1.54) is 13.0 Å². The van der Waals surface area contributed by atoms with Crippen molar-refractivity contribution in [3.05, 3.63) is 33.1 Å². The molecule has 7 heteroatoms. The van der Waals surface area contributed by atoms with Crippen molar-refractivity contribution in [2.24, 2.45) is 0 Å². The Morgan fingerprint density at radius 2 is 2.27 bits per heavy atom. The molecule has 0 aliphatic carbocycles. The van der Waals surface area contributed by atoms with Crippen LogP contribution in [0.1, 0.15) is 23.2 Å². The summed E-state index contributed by atoms with van der Waals surface area (Å²) >= 11 is 0. The van der Waals surface area contributed by atoms with Gasteiger partial charge in [0.05, 0.1) is 4.92 Å². The van der Waals surface area contributed by atoms with Gasteiger partial charge in [-0.25, -0.2) is 13.8 Å². The molecule has 15 heavy (non-hydrogen) atoms. The second-order valence-electron chi connectivity index (χ2n) is 2.72. The number of aromatic nitrogens is 1. The molecule has 1 aromatic rings. The van der Waals surface area contributed by atoms with Crippen molar-refractivity contribution in [1.82, 2.24) is 4.98 Å². The summed E-state index contributed by atoms with van der Waals surface area (Å²) in [6.45, 7) is 1.28. The molecule has 0 fully saturated rings. The van der Waals surface area contributed by atoms with Gasteiger partial charge in [0.15, 0.2) is 0 Å². The molecule has 0 radical (unpaired) electrons. The first-order valence-corrected chi connectivity index (χ1v) is 3.81. The summed E-state index contributed by atoms with van der Waals surface area (Å²) in [5, 5.41) is 19.0. The van der Waals surface area contributed by atoms with E-state index in [4.69, 9.17) is 5.26 Å². The summed E-state index contributed by atoms with van der Waals surface area (Å²) in [6.07, 6.45) is -1.98. The first kappa shape index (κ1) is 11.0. The van der Waals surface area contributed by atoms with Gasteiger partial charge in [-0.15, -0.1) is 0 Å². The van der Waals surface area contributed by atoms with E-state index in [2.05, 4.69) is 4.98 Å². The molecule has 1 rings (SSSR count). The van der Waals surface area contributed by atoms with E-state index in [1.54, 1.807) is 0 Å². The molecule has 1 heterocycles. The van der Waals surface area contributed by atoms with Crippen LogP contribution in [0.15, 0.2) is 6.20 Å². The quantitative estimate of drug-likeness (QED) is 0.556. The lowest BCUT2D eigenvalue weighted by atomic mass is 10.1. The van der Waals surface area contributed by atoms with Crippen molar-refractivity contribution in [3.63, 3.8) is 0 Å². The minimum Gasteiger partial charge on any atom is -0.258 e. The number of nitriles is 1. The van der Waals surface area contributed by atoms with Gasteiger partial charge < -0.3 is 0 Å². The van der Waals surface area contributed by atoms with Crippen molar-refractivity contribution in [2.45, 2.75) is 13.3 Å². The Bertz CT molecular complexity index is 454. The lowest BCUT2D eigenvalue weighted by molar-refractivity contribution is -0.386. The predicted octanol–water partition coefficient (Wildman–Crippen LogP) is 2.11. The largest absolute Gasteiger partial charge is 0.314 e. The monoisotopic (exact) mass is 213 g/mol. The van der Waals surface area contributed by atoms with Crippen LogP contribution in [-0.2, 0) is 0 Å². The van der Waals surface area contributed by atoms with Gasteiger partial charge in [-0.1, -0.05) is 0 Å². The topological polar surface area (TPSA) is 79.8 Å². The third kappa shape index (κ3) is 1.88. The van der Waals surface area contributed by atoms with Gasteiger partial charge >= 0.3 is 5.69 Å². The van der Waals surface area contributed by atoms with E-state index in [-0.39, 0.29) is 5.56 Å². The number of nitro groups is 1. The van der Waals surface area contributed by atoms with E-state index in [1.807, 2.05) is 0 Å². The number of halogens is 2. The van der Waals surface area contributed by atoms with Crippen LogP contribution in [0.2, 0.25) is 0 Å². The number of rotatable bonds is 2. The highest BCUT2D eigenvalue weighted by atomic mass is 19.3. The van der Waals surface area contributed by atoms with Crippen LogP contribution in [0.4, 0.5) is 14.5 Å². The minimum atomic E-state index is -3.00. The maximum atomic E-state index is 12.5. The number of hydrogen-bond acceptors (Lipinski definition) is 4. The summed E-state index contributed by atoms with van der Waals surface area (Å²) in [5.74, 6) is 0. The fourth-order valence-corrected chi connectivity index (χ4v) is 1.15. The van der Waals surface area contributed by atoms with E-state index in [0.29, 0.717) is 0 Å². The number of nitrogens with zero attached hydrogens (tertiary/aromatic N) is 3. The zero-order chi connectivity index (χ0) is 11.6. The SMILES string of the molecule is Cc1cnc(C#N)c([N+](=O)[O-])c1C(F)F. The summed E-state index contributed by atoms with van der Waals surface area (Å²) in [7, 11) is 0. The van der Waals surface area contributed by atoms with E-state index in [0.717, 1.165) is 6.20 Å². The molecule has 0 unspecified atom stereocenters. The molecule has 0 aromatic carbocycles. The van der Waals surface area contributed by atoms with E-state index < -0.39 is 28.3 Å². The smallest absolute Gasteiger partial charge is 0.258 e. The van der Waals surface area contributed by atoms with Gasteiger partial charge in [-0.3, -0.25) is 10.1 Å². The Hall–Kier alpha value is -2.10. The zero-order valence-corrected chi connectivity index (χ0v) is 7.57. The van der Waals surface area contributed by atoms with E-state index in [9.17, 15) is 18.9 Å². The van der Waals surface area contributed by atoms with Crippen LogP contribution in [0, 0.1) is 28.4 Å². The normalized spacial score (nSPS) is 10.1. The van der Waals surface area contributed by atoms with Crippen LogP contribution in [0.25, 0.3) is 0 Å². The molecule has 0 aliphatic rings. The molecule has 0 spiro atoms. The first-order valence-electron chi connectivity index (χ1n) is 3.81. The summed E-state index contributed by atoms with van der Waals surface area (Å²) in [5.41, 5.74) is -2.25. The molecule has 1 aromatic heterocycles. The fourth-order valence-electron chi connectivity index (χ4n) is 1.15. The van der Waals surface area contributed by atoms with Gasteiger partial charge in [0.25, 0.3) is 6.43 Å². The molecule has 5 nitrogen and oxygen atoms in total. The number of alkyl halides is 2. The lowest BCUT2D eigenvalue weighted by Gasteiger charge is -2.05. The standard InChI is InChI=1S/C8H5F2N3O2/c1-4-3-12-5(2-11)7(13(14)15)6(4)8(9)10/h3,8H,1H3. The Morgan fingerprint density at radius 1 is 1.67 bits per heavy atom. The number of pyridine rings is 1. The van der Waals surface area contributed by atoms with Gasteiger partial charge in [-0.05, 0) is 12.5 Å². The number of aryl methyl sites for hydroxylation is 1. The highest BCUT2D eigenvalue weighted by Crippen LogP contribution is 2.32. The van der Waals surface area contributed by atoms with Crippen LogP contribution in [0.5, 0.6) is 0 Å². The third-order valence-electron chi connectivity index (χ3n) is 1.80. The molecule has 0 N–H and O–H groups in total. The lowest BCUT2D eigenvalue weighted by Crippen LogP contribution is -2.03. The van der Waals surface area contributed by atoms with Gasteiger partial charge in [0.1, 0.15) is 11.6 Å². The van der Waals surface area contributed by atoms with Crippen molar-refractivity contribution in [3.8, 4) is 6.07 Å². The summed E-state index contributed by atoms with van der Waals surface area (Å²) < 4.78 is 25.0. The Labute approximate surface area is 83.1 Å². The van der Waals surface area contributed by atoms with Crippen molar-refractivity contribution >= 4 is 5.69 Å². The van der Waals surface area contributed by atoms with Crippen molar-refractivity contribution in [2.75, 3.05) is 0 Å². The van der Waals surface area contributed by atoms with Crippen LogP contribution in [-0.4, -0.2) is 9.91 Å². The second-order valence-corrected chi connectivity index (χ2v) is 2.72. The van der Waals surface area contributed by atoms with Crippen LogP contribution in [0.3, 0.4) is 0 Å². The fraction of sp³-hybridized carbons (Fsp3) is 0.250. The molecule has 0 aliphatic heterocycles. The van der Waals surface area contributed by atoms with E-state index >= 15 is 0 Å². The van der Waals surface area contributed by atoms with Crippen LogP contribution >= 0.6 is 0 Å². The second kappa shape index (κ2) is 3.96. The van der Waals surface area contributed by atoms with Gasteiger partial charge in [-0.2, -0.15) is 5.26 Å². The molecule has 0 saturated carbocycles. The Morgan fingerprint density at radius 3 is 2.67 bits per heavy atom. The molecular weight excluding hydrogens is 208 g/mol. The Kier molecular flexibility index (Phi) is 2.90. The van der Waals surface area contributed by atoms with Crippen LogP contribution < -0.4 is 0 Å².